The first-order valence-corrected chi connectivity index (χ1v) is 8.46. The number of anilines is 1. The highest BCUT2D eigenvalue weighted by Gasteiger charge is 2.32. The molecule has 0 radical (unpaired) electrons. The molecule has 0 aliphatic carbocycles. The number of H-pyrrole nitrogens is 1. The van der Waals surface area contributed by atoms with Gasteiger partial charge in [-0.05, 0) is 18.8 Å². The van der Waals surface area contributed by atoms with Gasteiger partial charge in [0, 0.05) is 18.5 Å². The van der Waals surface area contributed by atoms with Gasteiger partial charge in [0.15, 0.2) is 0 Å². The molecule has 116 valence electrons. The van der Waals surface area contributed by atoms with Crippen LogP contribution in [0, 0.1) is 5.92 Å². The average Bonchev–Trinajstić information content (AvgIpc) is 2.67. The number of nitrogens with one attached hydrogen (secondary N) is 2. The van der Waals surface area contributed by atoms with Crippen LogP contribution in [-0.4, -0.2) is 34.7 Å². The fraction of sp³-hybridized carbons (Fsp3) is 0.714. The Morgan fingerprint density at radius 1 is 1.29 bits per heavy atom. The molecule has 1 amide bonds. The van der Waals surface area contributed by atoms with Crippen LogP contribution in [0.2, 0.25) is 0 Å². The van der Waals surface area contributed by atoms with E-state index in [9.17, 15) is 9.59 Å². The van der Waals surface area contributed by atoms with Gasteiger partial charge in [0.25, 0.3) is 5.56 Å². The van der Waals surface area contributed by atoms with Crippen LogP contribution in [-0.2, 0) is 9.53 Å². The molecule has 7 heteroatoms. The molecule has 1 saturated heterocycles. The summed E-state index contributed by atoms with van der Waals surface area (Å²) in [6, 6.07) is 0.186. The highest BCUT2D eigenvalue weighted by atomic mass is 32.2. The van der Waals surface area contributed by atoms with Gasteiger partial charge in [-0.25, -0.2) is 0 Å². The molecule has 2 aliphatic heterocycles. The quantitative estimate of drug-likeness (QED) is 0.875. The van der Waals surface area contributed by atoms with E-state index < -0.39 is 0 Å². The molecular formula is C14H21N3O3S. The van der Waals surface area contributed by atoms with Crippen LogP contribution >= 0.6 is 11.8 Å². The zero-order valence-electron chi connectivity index (χ0n) is 12.3. The lowest BCUT2D eigenvalue weighted by Crippen LogP contribution is -2.24. The van der Waals surface area contributed by atoms with Crippen molar-refractivity contribution in [2.75, 3.05) is 24.3 Å². The lowest BCUT2D eigenvalue weighted by Gasteiger charge is -2.25. The number of thioether (sulfide) groups is 1. The van der Waals surface area contributed by atoms with Gasteiger partial charge >= 0.3 is 0 Å². The highest BCUT2D eigenvalue weighted by Crippen LogP contribution is 2.40. The maximum Gasteiger partial charge on any atom is 0.270 e. The first-order valence-electron chi connectivity index (χ1n) is 7.41. The van der Waals surface area contributed by atoms with E-state index in [-0.39, 0.29) is 22.8 Å². The predicted octanol–water partition coefficient (Wildman–Crippen LogP) is 1.91. The summed E-state index contributed by atoms with van der Waals surface area (Å²) in [4.78, 5) is 24.4. The number of fused-ring (bicyclic) bond motifs is 1. The van der Waals surface area contributed by atoms with E-state index in [2.05, 4.69) is 24.3 Å². The number of rotatable bonds is 2. The molecule has 0 aromatic carbocycles. The zero-order chi connectivity index (χ0) is 15.0. The molecule has 0 spiro atoms. The molecule has 1 aromatic heterocycles. The second-order valence-corrected chi connectivity index (χ2v) is 7.07. The van der Waals surface area contributed by atoms with Crippen molar-refractivity contribution < 1.29 is 9.53 Å². The Morgan fingerprint density at radius 2 is 2.00 bits per heavy atom. The van der Waals surface area contributed by atoms with Crippen LogP contribution in [0.3, 0.4) is 0 Å². The Labute approximate surface area is 127 Å². The number of hydrogen-bond donors (Lipinski definition) is 2. The number of aromatic amines is 1. The molecule has 2 aliphatic rings. The predicted molar refractivity (Wildman–Crippen MR) is 82.8 cm³/mol. The molecule has 0 unspecified atom stereocenters. The summed E-state index contributed by atoms with van der Waals surface area (Å²) in [5.41, 5.74) is 0.636. The lowest BCUT2D eigenvalue weighted by molar-refractivity contribution is -0.113. The van der Waals surface area contributed by atoms with Crippen LogP contribution in [0.5, 0.6) is 0 Å². The third-order valence-electron chi connectivity index (χ3n) is 4.06. The maximum atomic E-state index is 12.4. The average molecular weight is 311 g/mol. The first kappa shape index (κ1) is 14.7. The summed E-state index contributed by atoms with van der Waals surface area (Å²) in [6.07, 6.45) is 1.71. The SMILES string of the molecule is CC(C)[C@H]1SCC(=O)Nc2c1c(=O)[nH]n2C1CCOCC1. The van der Waals surface area contributed by atoms with Crippen molar-refractivity contribution in [1.82, 2.24) is 9.78 Å². The fourth-order valence-corrected chi connectivity index (χ4v) is 4.19. The van der Waals surface area contributed by atoms with Crippen molar-refractivity contribution in [2.45, 2.75) is 38.0 Å². The van der Waals surface area contributed by atoms with E-state index in [0.717, 1.165) is 12.8 Å². The number of carbonyl (C=O) groups excluding carboxylic acids is 1. The van der Waals surface area contributed by atoms with Crippen molar-refractivity contribution in [3.63, 3.8) is 0 Å². The summed E-state index contributed by atoms with van der Waals surface area (Å²) in [5, 5.41) is 5.91. The van der Waals surface area contributed by atoms with Crippen molar-refractivity contribution in [3.8, 4) is 0 Å². The Bertz CT molecular complexity index is 587. The minimum Gasteiger partial charge on any atom is -0.381 e. The van der Waals surface area contributed by atoms with Gasteiger partial charge in [0.05, 0.1) is 17.4 Å². The molecule has 1 aromatic rings. The van der Waals surface area contributed by atoms with Crippen molar-refractivity contribution >= 4 is 23.5 Å². The van der Waals surface area contributed by atoms with Gasteiger partial charge in [-0.15, -0.1) is 11.8 Å². The molecule has 3 heterocycles. The monoisotopic (exact) mass is 311 g/mol. The minimum absolute atomic E-state index is 0.0378. The zero-order valence-corrected chi connectivity index (χ0v) is 13.2. The van der Waals surface area contributed by atoms with E-state index in [0.29, 0.717) is 36.3 Å². The number of aromatic nitrogens is 2. The van der Waals surface area contributed by atoms with Crippen molar-refractivity contribution in [2.24, 2.45) is 5.92 Å². The van der Waals surface area contributed by atoms with Gasteiger partial charge in [-0.2, -0.15) is 0 Å². The topological polar surface area (TPSA) is 76.1 Å². The molecule has 0 saturated carbocycles. The summed E-state index contributed by atoms with van der Waals surface area (Å²) < 4.78 is 7.24. The second kappa shape index (κ2) is 5.88. The second-order valence-electron chi connectivity index (χ2n) is 5.94. The van der Waals surface area contributed by atoms with Gasteiger partial charge in [-0.3, -0.25) is 19.4 Å². The van der Waals surface area contributed by atoms with Crippen LogP contribution in [0.1, 0.15) is 43.5 Å². The molecule has 6 nitrogen and oxygen atoms in total. The maximum absolute atomic E-state index is 12.4. The summed E-state index contributed by atoms with van der Waals surface area (Å²) in [5.74, 6) is 1.32. The molecule has 0 bridgehead atoms. The molecule has 1 fully saturated rings. The van der Waals surface area contributed by atoms with E-state index in [1.807, 2.05) is 4.68 Å². The Morgan fingerprint density at radius 3 is 2.67 bits per heavy atom. The van der Waals surface area contributed by atoms with Crippen LogP contribution in [0.15, 0.2) is 4.79 Å². The summed E-state index contributed by atoms with van der Waals surface area (Å²) in [7, 11) is 0. The van der Waals surface area contributed by atoms with Crippen LogP contribution in [0.4, 0.5) is 5.82 Å². The number of hydrogen-bond acceptors (Lipinski definition) is 4. The third kappa shape index (κ3) is 2.76. The normalized spacial score (nSPS) is 23.8. The van der Waals surface area contributed by atoms with Crippen molar-refractivity contribution in [3.05, 3.63) is 15.9 Å². The first-order chi connectivity index (χ1) is 10.1. The fourth-order valence-electron chi connectivity index (χ4n) is 3.01. The van der Waals surface area contributed by atoms with Crippen LogP contribution < -0.4 is 10.9 Å². The van der Waals surface area contributed by atoms with Gasteiger partial charge in [-0.1, -0.05) is 13.8 Å². The van der Waals surface area contributed by atoms with Gasteiger partial charge in [0.2, 0.25) is 5.91 Å². The molecule has 3 rings (SSSR count). The molecule has 21 heavy (non-hydrogen) atoms. The molecule has 2 N–H and O–H groups in total. The van der Waals surface area contributed by atoms with E-state index in [1.54, 1.807) is 11.8 Å². The summed E-state index contributed by atoms with van der Waals surface area (Å²) >= 11 is 1.55. The van der Waals surface area contributed by atoms with E-state index >= 15 is 0 Å². The van der Waals surface area contributed by atoms with E-state index in [4.69, 9.17) is 4.74 Å². The smallest absolute Gasteiger partial charge is 0.270 e. The van der Waals surface area contributed by atoms with Crippen LogP contribution in [0.25, 0.3) is 0 Å². The third-order valence-corrected chi connectivity index (χ3v) is 5.63. The van der Waals surface area contributed by atoms with Gasteiger partial charge in [0.1, 0.15) is 5.82 Å². The lowest BCUT2D eigenvalue weighted by atomic mass is 10.0. The Kier molecular flexibility index (Phi) is 4.12. The summed E-state index contributed by atoms with van der Waals surface area (Å²) in [6.45, 7) is 5.55. The molecule has 1 atom stereocenters. The largest absolute Gasteiger partial charge is 0.381 e. The number of ether oxygens (including phenoxy) is 1. The standard InChI is InChI=1S/C14H21N3O3S/c1-8(2)12-11-13(15-10(18)7-21-12)17(16-14(11)19)9-3-5-20-6-4-9/h8-9,12H,3-7H2,1-2H3,(H,15,18)(H,16,19)/t12-/m1/s1. The van der Waals surface area contributed by atoms with Crippen molar-refractivity contribution in [1.29, 1.82) is 0 Å². The Balaban J connectivity index is 2.06. The highest BCUT2D eigenvalue weighted by molar-refractivity contribution is 8.00. The molecular weight excluding hydrogens is 290 g/mol. The number of amides is 1. The van der Waals surface area contributed by atoms with E-state index in [1.165, 1.54) is 0 Å². The number of carbonyl (C=O) groups is 1. The number of nitrogens with zero attached hydrogens (tertiary/aromatic N) is 1. The minimum atomic E-state index is -0.0788. The Hall–Kier alpha value is -1.21. The van der Waals surface area contributed by atoms with Gasteiger partial charge < -0.3 is 10.1 Å².